The number of sulfonamides is 1. The van der Waals surface area contributed by atoms with Crippen LogP contribution in [0.2, 0.25) is 0 Å². The summed E-state index contributed by atoms with van der Waals surface area (Å²) >= 11 is 0. The molecule has 0 aliphatic heterocycles. The normalized spacial score (nSPS) is 10.9. The van der Waals surface area contributed by atoms with E-state index in [1.54, 1.807) is 43.3 Å². The van der Waals surface area contributed by atoms with E-state index in [0.717, 1.165) is 5.56 Å². The van der Waals surface area contributed by atoms with Crippen LogP contribution in [0.15, 0.2) is 60.0 Å². The van der Waals surface area contributed by atoms with Gasteiger partial charge in [0.2, 0.25) is 0 Å². The summed E-state index contributed by atoms with van der Waals surface area (Å²) in [5, 5.41) is 2.65. The van der Waals surface area contributed by atoms with Gasteiger partial charge in [-0.1, -0.05) is 24.3 Å². The maximum Gasteiger partial charge on any atom is 0.262 e. The zero-order valence-corrected chi connectivity index (χ0v) is 14.5. The maximum absolute atomic E-state index is 12.6. The second-order valence-electron chi connectivity index (χ2n) is 5.45. The molecule has 0 atom stereocenters. The molecule has 2 aromatic carbocycles. The molecule has 0 aliphatic carbocycles. The molecule has 2 N–H and O–H groups in total. The van der Waals surface area contributed by atoms with Gasteiger partial charge in [-0.25, -0.2) is 8.42 Å². The number of carbonyl (C=O) groups excluding carboxylic acids is 1. The number of amides is 1. The SMILES string of the molecule is C=CCNC(=O)c1cccc(NS(=O)(=O)c2cc(C)ccc2C)c1. The number of rotatable bonds is 6. The fraction of sp³-hybridized carbons (Fsp3) is 0.167. The van der Waals surface area contributed by atoms with E-state index in [1.807, 2.05) is 13.0 Å². The second kappa shape index (κ2) is 7.31. The lowest BCUT2D eigenvalue weighted by Gasteiger charge is -2.12. The van der Waals surface area contributed by atoms with Gasteiger partial charge in [-0.3, -0.25) is 9.52 Å². The van der Waals surface area contributed by atoms with Gasteiger partial charge in [-0.15, -0.1) is 6.58 Å². The van der Waals surface area contributed by atoms with Crippen LogP contribution in [-0.4, -0.2) is 20.9 Å². The maximum atomic E-state index is 12.6. The van der Waals surface area contributed by atoms with Gasteiger partial charge < -0.3 is 5.32 Å². The average molecular weight is 344 g/mol. The molecule has 0 radical (unpaired) electrons. The number of carbonyl (C=O) groups is 1. The lowest BCUT2D eigenvalue weighted by molar-refractivity contribution is 0.0958. The van der Waals surface area contributed by atoms with Crippen LogP contribution < -0.4 is 10.0 Å². The first kappa shape index (κ1) is 17.7. The highest BCUT2D eigenvalue weighted by Crippen LogP contribution is 2.21. The van der Waals surface area contributed by atoms with Crippen LogP contribution in [0.25, 0.3) is 0 Å². The van der Waals surface area contributed by atoms with E-state index < -0.39 is 10.0 Å². The van der Waals surface area contributed by atoms with E-state index in [-0.39, 0.29) is 10.8 Å². The van der Waals surface area contributed by atoms with Crippen molar-refractivity contribution in [2.75, 3.05) is 11.3 Å². The molecule has 2 aromatic rings. The molecule has 0 fully saturated rings. The Bertz CT molecular complexity index is 874. The minimum atomic E-state index is -3.72. The Kier molecular flexibility index (Phi) is 5.41. The largest absolute Gasteiger partial charge is 0.349 e. The molecule has 0 aliphatic rings. The molecular formula is C18H20N2O3S. The summed E-state index contributed by atoms with van der Waals surface area (Å²) in [5.41, 5.74) is 2.23. The van der Waals surface area contributed by atoms with Gasteiger partial charge in [0.05, 0.1) is 4.90 Å². The van der Waals surface area contributed by atoms with Gasteiger partial charge in [0.15, 0.2) is 0 Å². The van der Waals surface area contributed by atoms with Crippen molar-refractivity contribution in [1.29, 1.82) is 0 Å². The third kappa shape index (κ3) is 4.23. The van der Waals surface area contributed by atoms with E-state index >= 15 is 0 Å². The summed E-state index contributed by atoms with van der Waals surface area (Å²) in [5.74, 6) is -0.289. The Morgan fingerprint density at radius 2 is 1.92 bits per heavy atom. The van der Waals surface area contributed by atoms with Crippen LogP contribution in [0.3, 0.4) is 0 Å². The third-order valence-electron chi connectivity index (χ3n) is 3.42. The number of hydrogen-bond donors (Lipinski definition) is 2. The number of benzene rings is 2. The lowest BCUT2D eigenvalue weighted by Crippen LogP contribution is -2.23. The minimum absolute atomic E-state index is 0.226. The van der Waals surface area contributed by atoms with Crippen molar-refractivity contribution in [3.8, 4) is 0 Å². The van der Waals surface area contributed by atoms with Crippen LogP contribution in [0.5, 0.6) is 0 Å². The summed E-state index contributed by atoms with van der Waals surface area (Å²) in [4.78, 5) is 12.2. The number of hydrogen-bond acceptors (Lipinski definition) is 3. The highest BCUT2D eigenvalue weighted by Gasteiger charge is 2.17. The van der Waals surface area contributed by atoms with Crippen molar-refractivity contribution >= 4 is 21.6 Å². The highest BCUT2D eigenvalue weighted by molar-refractivity contribution is 7.92. The topological polar surface area (TPSA) is 75.3 Å². The first-order valence-corrected chi connectivity index (χ1v) is 8.91. The van der Waals surface area contributed by atoms with Crippen molar-refractivity contribution < 1.29 is 13.2 Å². The first-order chi connectivity index (χ1) is 11.3. The zero-order valence-electron chi connectivity index (χ0n) is 13.7. The molecule has 0 heterocycles. The van der Waals surface area contributed by atoms with Crippen LogP contribution in [0, 0.1) is 13.8 Å². The fourth-order valence-electron chi connectivity index (χ4n) is 2.20. The Labute approximate surface area is 142 Å². The van der Waals surface area contributed by atoms with Crippen LogP contribution in [0.4, 0.5) is 5.69 Å². The van der Waals surface area contributed by atoms with E-state index in [1.165, 1.54) is 6.07 Å². The Hall–Kier alpha value is -2.60. The van der Waals surface area contributed by atoms with E-state index in [0.29, 0.717) is 23.4 Å². The summed E-state index contributed by atoms with van der Waals surface area (Å²) in [6, 6.07) is 11.6. The summed E-state index contributed by atoms with van der Waals surface area (Å²) in [6.07, 6.45) is 1.57. The molecule has 0 spiro atoms. The van der Waals surface area contributed by atoms with Crippen molar-refractivity contribution in [3.63, 3.8) is 0 Å². The highest BCUT2D eigenvalue weighted by atomic mass is 32.2. The predicted molar refractivity (Wildman–Crippen MR) is 95.7 cm³/mol. The molecule has 24 heavy (non-hydrogen) atoms. The summed E-state index contributed by atoms with van der Waals surface area (Å²) < 4.78 is 27.7. The summed E-state index contributed by atoms with van der Waals surface area (Å²) in [6.45, 7) is 7.46. The molecule has 0 bridgehead atoms. The van der Waals surface area contributed by atoms with Gasteiger partial charge in [-0.05, 0) is 49.2 Å². The smallest absolute Gasteiger partial charge is 0.262 e. The Morgan fingerprint density at radius 3 is 2.62 bits per heavy atom. The molecule has 6 heteroatoms. The predicted octanol–water partition coefficient (Wildman–Crippen LogP) is 3.02. The minimum Gasteiger partial charge on any atom is -0.349 e. The summed E-state index contributed by atoms with van der Waals surface area (Å²) in [7, 11) is -3.72. The van der Waals surface area contributed by atoms with Crippen LogP contribution in [-0.2, 0) is 10.0 Å². The molecule has 0 saturated heterocycles. The quantitative estimate of drug-likeness (QED) is 0.791. The first-order valence-electron chi connectivity index (χ1n) is 7.43. The molecule has 2 rings (SSSR count). The second-order valence-corrected chi connectivity index (χ2v) is 7.10. The molecular weight excluding hydrogens is 324 g/mol. The van der Waals surface area contributed by atoms with Gasteiger partial charge in [0.25, 0.3) is 15.9 Å². The molecule has 1 amide bonds. The number of nitrogens with one attached hydrogen (secondary N) is 2. The average Bonchev–Trinajstić information content (AvgIpc) is 2.54. The molecule has 0 aromatic heterocycles. The standard InChI is InChI=1S/C18H20N2O3S/c1-4-10-19-18(21)15-6-5-7-16(12-15)20-24(22,23)17-11-13(2)8-9-14(17)3/h4-9,11-12,20H,1,10H2,2-3H3,(H,19,21). The lowest BCUT2D eigenvalue weighted by atomic mass is 10.2. The Morgan fingerprint density at radius 1 is 1.17 bits per heavy atom. The van der Waals surface area contributed by atoms with Crippen molar-refractivity contribution in [1.82, 2.24) is 5.32 Å². The zero-order chi connectivity index (χ0) is 17.7. The monoisotopic (exact) mass is 344 g/mol. The van der Waals surface area contributed by atoms with Gasteiger partial charge >= 0.3 is 0 Å². The number of anilines is 1. The molecule has 0 unspecified atom stereocenters. The Balaban J connectivity index is 2.28. The van der Waals surface area contributed by atoms with Crippen molar-refractivity contribution in [3.05, 3.63) is 71.8 Å². The van der Waals surface area contributed by atoms with Crippen LogP contribution in [0.1, 0.15) is 21.5 Å². The molecule has 5 nitrogen and oxygen atoms in total. The van der Waals surface area contributed by atoms with Gasteiger partial charge in [0.1, 0.15) is 0 Å². The third-order valence-corrected chi connectivity index (χ3v) is 4.94. The van der Waals surface area contributed by atoms with E-state index in [9.17, 15) is 13.2 Å². The van der Waals surface area contributed by atoms with E-state index in [2.05, 4.69) is 16.6 Å². The van der Waals surface area contributed by atoms with Gasteiger partial charge in [0, 0.05) is 17.8 Å². The molecule has 0 saturated carbocycles. The van der Waals surface area contributed by atoms with Crippen molar-refractivity contribution in [2.24, 2.45) is 0 Å². The molecule has 126 valence electrons. The van der Waals surface area contributed by atoms with Crippen molar-refractivity contribution in [2.45, 2.75) is 18.7 Å². The number of aryl methyl sites for hydroxylation is 2. The van der Waals surface area contributed by atoms with Gasteiger partial charge in [-0.2, -0.15) is 0 Å². The fourth-order valence-corrected chi connectivity index (χ4v) is 3.58. The van der Waals surface area contributed by atoms with E-state index in [4.69, 9.17) is 0 Å². The van der Waals surface area contributed by atoms with Crippen LogP contribution >= 0.6 is 0 Å².